The van der Waals surface area contributed by atoms with Gasteiger partial charge in [-0.25, -0.2) is 4.39 Å². The van der Waals surface area contributed by atoms with Crippen molar-refractivity contribution in [3.8, 4) is 0 Å². The van der Waals surface area contributed by atoms with Crippen LogP contribution in [0.15, 0.2) is 34.8 Å². The van der Waals surface area contributed by atoms with Gasteiger partial charge >= 0.3 is 0 Å². The van der Waals surface area contributed by atoms with Gasteiger partial charge in [0.2, 0.25) is 0 Å². The number of benzene rings is 1. The van der Waals surface area contributed by atoms with Crippen molar-refractivity contribution in [2.45, 2.75) is 38.7 Å². The molecule has 0 bridgehead atoms. The molecule has 0 spiro atoms. The van der Waals surface area contributed by atoms with E-state index in [9.17, 15) is 9.50 Å². The first-order valence-corrected chi connectivity index (χ1v) is 8.10. The number of thiophene rings is 1. The number of aliphatic hydroxyl groups excluding tert-OH is 1. The zero-order chi connectivity index (χ0) is 14.9. The summed E-state index contributed by atoms with van der Waals surface area (Å²) in [6.45, 7) is 6.45. The molecule has 0 amide bonds. The molecule has 0 fully saturated rings. The normalized spacial score (nSPS) is 13.5. The Morgan fingerprint density at radius 3 is 2.50 bits per heavy atom. The minimum atomic E-state index is -0.593. The molecule has 2 aromatic rings. The van der Waals surface area contributed by atoms with Crippen LogP contribution in [0.5, 0.6) is 0 Å². The molecule has 1 N–H and O–H groups in total. The van der Waals surface area contributed by atoms with Crippen molar-refractivity contribution in [3.05, 3.63) is 55.9 Å². The van der Waals surface area contributed by atoms with Crippen molar-refractivity contribution in [2.75, 3.05) is 0 Å². The third-order valence-electron chi connectivity index (χ3n) is 3.05. The fraction of sp³-hybridized carbons (Fsp3) is 0.375. The van der Waals surface area contributed by atoms with E-state index < -0.39 is 6.10 Å². The van der Waals surface area contributed by atoms with Crippen LogP contribution < -0.4 is 0 Å². The molecule has 1 aromatic heterocycles. The summed E-state index contributed by atoms with van der Waals surface area (Å²) in [6.07, 6.45) is -0.176. The standard InChI is InChI=1S/C16H18BrFOS/c1-16(2,3)15-5-4-14(20-15)13(19)8-10-6-11(17)9-12(18)7-10/h4-7,9,13,19H,8H2,1-3H3. The van der Waals surface area contributed by atoms with Gasteiger partial charge < -0.3 is 5.11 Å². The third-order valence-corrected chi connectivity index (χ3v) is 5.12. The Balaban J connectivity index is 2.15. The number of hydrogen-bond donors (Lipinski definition) is 1. The second-order valence-corrected chi connectivity index (χ2v) is 7.98. The molecular weight excluding hydrogens is 339 g/mol. The van der Waals surface area contributed by atoms with Crippen LogP contribution in [0.4, 0.5) is 4.39 Å². The lowest BCUT2D eigenvalue weighted by Gasteiger charge is -2.15. The highest BCUT2D eigenvalue weighted by molar-refractivity contribution is 9.10. The van der Waals surface area contributed by atoms with Gasteiger partial charge in [-0.15, -0.1) is 11.3 Å². The summed E-state index contributed by atoms with van der Waals surface area (Å²) in [5.74, 6) is -0.289. The van der Waals surface area contributed by atoms with Gasteiger partial charge in [-0.1, -0.05) is 36.7 Å². The van der Waals surface area contributed by atoms with Crippen molar-refractivity contribution in [3.63, 3.8) is 0 Å². The number of halogens is 2. The van der Waals surface area contributed by atoms with Crippen molar-refractivity contribution in [2.24, 2.45) is 0 Å². The molecule has 0 saturated carbocycles. The first-order valence-electron chi connectivity index (χ1n) is 6.49. The van der Waals surface area contributed by atoms with E-state index in [-0.39, 0.29) is 11.2 Å². The molecule has 20 heavy (non-hydrogen) atoms. The predicted octanol–water partition coefficient (Wildman–Crippen LogP) is 5.22. The molecule has 0 radical (unpaired) electrons. The molecule has 108 valence electrons. The maximum atomic E-state index is 13.3. The minimum Gasteiger partial charge on any atom is -0.387 e. The van der Waals surface area contributed by atoms with Crippen molar-refractivity contribution >= 4 is 27.3 Å². The predicted molar refractivity (Wildman–Crippen MR) is 85.8 cm³/mol. The lowest BCUT2D eigenvalue weighted by molar-refractivity contribution is 0.182. The summed E-state index contributed by atoms with van der Waals surface area (Å²) < 4.78 is 14.0. The van der Waals surface area contributed by atoms with Gasteiger partial charge in [0.15, 0.2) is 0 Å². The maximum absolute atomic E-state index is 13.3. The molecule has 0 saturated heterocycles. The molecule has 2 rings (SSSR count). The van der Waals surface area contributed by atoms with Crippen LogP contribution in [-0.4, -0.2) is 5.11 Å². The van der Waals surface area contributed by atoms with E-state index in [0.717, 1.165) is 10.4 Å². The Labute approximate surface area is 131 Å². The maximum Gasteiger partial charge on any atom is 0.124 e. The Bertz CT molecular complexity index is 581. The Kier molecular flexibility index (Phi) is 4.67. The summed E-state index contributed by atoms with van der Waals surface area (Å²) >= 11 is 4.89. The largest absolute Gasteiger partial charge is 0.387 e. The third kappa shape index (κ3) is 3.90. The first-order chi connectivity index (χ1) is 9.25. The van der Waals surface area contributed by atoms with E-state index in [1.165, 1.54) is 17.0 Å². The molecule has 1 nitrogen and oxygen atoms in total. The topological polar surface area (TPSA) is 20.2 Å². The van der Waals surface area contributed by atoms with Gasteiger partial charge in [-0.05, 0) is 41.3 Å². The smallest absolute Gasteiger partial charge is 0.124 e. The van der Waals surface area contributed by atoms with Gasteiger partial charge in [0.05, 0.1) is 6.10 Å². The Morgan fingerprint density at radius 2 is 1.95 bits per heavy atom. The van der Waals surface area contributed by atoms with E-state index in [1.54, 1.807) is 11.3 Å². The molecule has 0 aliphatic heterocycles. The van der Waals surface area contributed by atoms with Gasteiger partial charge in [0.25, 0.3) is 0 Å². The summed E-state index contributed by atoms with van der Waals surface area (Å²) in [4.78, 5) is 2.17. The minimum absolute atomic E-state index is 0.0878. The van der Waals surface area contributed by atoms with Gasteiger partial charge in [0.1, 0.15) is 5.82 Å². The second kappa shape index (κ2) is 5.96. The average molecular weight is 357 g/mol. The summed E-state index contributed by atoms with van der Waals surface area (Å²) in [5.41, 5.74) is 0.875. The Hall–Kier alpha value is -0.710. The van der Waals surface area contributed by atoms with Crippen LogP contribution >= 0.6 is 27.3 Å². The van der Waals surface area contributed by atoms with Gasteiger partial charge in [0, 0.05) is 20.6 Å². The molecule has 1 unspecified atom stereocenters. The molecule has 0 aliphatic carbocycles. The van der Waals surface area contributed by atoms with E-state index in [4.69, 9.17) is 0 Å². The first kappa shape index (κ1) is 15.7. The SMILES string of the molecule is CC(C)(C)c1ccc(C(O)Cc2cc(F)cc(Br)c2)s1. The van der Waals surface area contributed by atoms with Crippen LogP contribution in [0.2, 0.25) is 0 Å². The number of rotatable bonds is 3. The molecule has 4 heteroatoms. The monoisotopic (exact) mass is 356 g/mol. The Morgan fingerprint density at radius 1 is 1.25 bits per heavy atom. The fourth-order valence-corrected chi connectivity index (χ4v) is 3.55. The zero-order valence-electron chi connectivity index (χ0n) is 11.8. The van der Waals surface area contributed by atoms with E-state index in [1.807, 2.05) is 12.1 Å². The quantitative estimate of drug-likeness (QED) is 0.798. The highest BCUT2D eigenvalue weighted by Crippen LogP contribution is 2.33. The van der Waals surface area contributed by atoms with Crippen LogP contribution in [0, 0.1) is 5.82 Å². The lowest BCUT2D eigenvalue weighted by Crippen LogP contribution is -2.07. The molecule has 1 atom stereocenters. The molecular formula is C16H18BrFOS. The highest BCUT2D eigenvalue weighted by Gasteiger charge is 2.19. The van der Waals surface area contributed by atoms with Crippen molar-refractivity contribution in [1.29, 1.82) is 0 Å². The zero-order valence-corrected chi connectivity index (χ0v) is 14.2. The second-order valence-electron chi connectivity index (χ2n) is 5.95. The van der Waals surface area contributed by atoms with Crippen LogP contribution in [-0.2, 0) is 11.8 Å². The average Bonchev–Trinajstić information content (AvgIpc) is 2.75. The lowest BCUT2D eigenvalue weighted by atomic mass is 9.95. The highest BCUT2D eigenvalue weighted by atomic mass is 79.9. The van der Waals surface area contributed by atoms with E-state index in [2.05, 4.69) is 42.8 Å². The van der Waals surface area contributed by atoms with Crippen LogP contribution in [0.25, 0.3) is 0 Å². The van der Waals surface area contributed by atoms with Gasteiger partial charge in [-0.2, -0.15) is 0 Å². The number of hydrogen-bond acceptors (Lipinski definition) is 2. The summed E-state index contributed by atoms with van der Waals surface area (Å²) in [7, 11) is 0. The molecule has 1 heterocycles. The molecule has 1 aromatic carbocycles. The van der Waals surface area contributed by atoms with Crippen LogP contribution in [0.3, 0.4) is 0 Å². The number of aliphatic hydroxyl groups is 1. The van der Waals surface area contributed by atoms with Crippen molar-refractivity contribution in [1.82, 2.24) is 0 Å². The van der Waals surface area contributed by atoms with E-state index in [0.29, 0.717) is 10.9 Å². The molecule has 0 aliphatic rings. The van der Waals surface area contributed by atoms with E-state index >= 15 is 0 Å². The van der Waals surface area contributed by atoms with Crippen molar-refractivity contribution < 1.29 is 9.50 Å². The summed E-state index contributed by atoms with van der Waals surface area (Å²) in [5, 5.41) is 10.3. The summed E-state index contributed by atoms with van der Waals surface area (Å²) in [6, 6.07) is 8.74. The van der Waals surface area contributed by atoms with Crippen LogP contribution in [0.1, 0.15) is 42.2 Å². The fourth-order valence-electron chi connectivity index (χ4n) is 1.99. The van der Waals surface area contributed by atoms with Gasteiger partial charge in [-0.3, -0.25) is 0 Å².